The van der Waals surface area contributed by atoms with Gasteiger partial charge in [-0.05, 0) is 49.5 Å². The summed E-state index contributed by atoms with van der Waals surface area (Å²) in [5, 5.41) is 37.7. The van der Waals surface area contributed by atoms with Crippen LogP contribution in [0.25, 0.3) is 32.3 Å². The van der Waals surface area contributed by atoms with Crippen molar-refractivity contribution in [2.75, 3.05) is 7.11 Å². The first kappa shape index (κ1) is 15.0. The minimum atomic E-state index is -1.27. The van der Waals surface area contributed by atoms with Crippen LogP contribution in [0, 0.1) is 0 Å². The molecule has 4 aromatic carbocycles. The first-order valence-electron chi connectivity index (χ1n) is 8.39. The molecule has 25 heavy (non-hydrogen) atoms. The second-order valence-corrected chi connectivity index (χ2v) is 6.82. The van der Waals surface area contributed by atoms with E-state index in [1.165, 1.54) is 12.5 Å². The molecular weight excluding hydrogens is 316 g/mol. The second kappa shape index (κ2) is 5.13. The van der Waals surface area contributed by atoms with Crippen LogP contribution in [0.1, 0.15) is 23.3 Å². The highest BCUT2D eigenvalue weighted by Crippen LogP contribution is 2.46. The van der Waals surface area contributed by atoms with E-state index in [0.29, 0.717) is 5.56 Å². The van der Waals surface area contributed by atoms with Crippen LogP contribution >= 0.6 is 0 Å². The van der Waals surface area contributed by atoms with E-state index in [9.17, 15) is 15.3 Å². The van der Waals surface area contributed by atoms with E-state index >= 15 is 0 Å². The van der Waals surface area contributed by atoms with Crippen molar-refractivity contribution in [3.63, 3.8) is 0 Å². The fourth-order valence-electron chi connectivity index (χ4n) is 4.39. The largest absolute Gasteiger partial charge is 0.387 e. The van der Waals surface area contributed by atoms with Gasteiger partial charge in [0.15, 0.2) is 0 Å². The predicted molar refractivity (Wildman–Crippen MR) is 96.9 cm³/mol. The fraction of sp³-hybridized carbons (Fsp3) is 0.238. The molecule has 0 saturated heterocycles. The third kappa shape index (κ3) is 1.85. The van der Waals surface area contributed by atoms with Gasteiger partial charge in [0, 0.05) is 7.11 Å². The Morgan fingerprint density at radius 1 is 0.800 bits per heavy atom. The van der Waals surface area contributed by atoms with Crippen LogP contribution in [0.15, 0.2) is 48.5 Å². The summed E-state index contributed by atoms with van der Waals surface area (Å²) in [7, 11) is 1.51. The highest BCUT2D eigenvalue weighted by molar-refractivity contribution is 6.23. The van der Waals surface area contributed by atoms with E-state index < -0.39 is 24.4 Å². The van der Waals surface area contributed by atoms with E-state index in [0.717, 1.165) is 32.5 Å². The molecular formula is C21H18O4. The van der Waals surface area contributed by atoms with Crippen LogP contribution in [0.5, 0.6) is 0 Å². The van der Waals surface area contributed by atoms with Gasteiger partial charge in [0.25, 0.3) is 0 Å². The Labute approximate surface area is 144 Å². The Balaban J connectivity index is 1.99. The topological polar surface area (TPSA) is 69.9 Å². The van der Waals surface area contributed by atoms with Crippen molar-refractivity contribution in [1.29, 1.82) is 0 Å². The predicted octanol–water partition coefficient (Wildman–Crippen LogP) is 3.04. The van der Waals surface area contributed by atoms with E-state index in [4.69, 9.17) is 4.74 Å². The van der Waals surface area contributed by atoms with Crippen LogP contribution < -0.4 is 0 Å². The Morgan fingerprint density at radius 3 is 2.20 bits per heavy atom. The molecule has 3 N–H and O–H groups in total. The van der Waals surface area contributed by atoms with Gasteiger partial charge in [-0.3, -0.25) is 0 Å². The van der Waals surface area contributed by atoms with Crippen molar-refractivity contribution in [2.24, 2.45) is 0 Å². The van der Waals surface area contributed by atoms with Crippen LogP contribution in [-0.4, -0.2) is 34.6 Å². The monoisotopic (exact) mass is 334 g/mol. The lowest BCUT2D eigenvalue weighted by Crippen LogP contribution is -2.42. The first-order chi connectivity index (χ1) is 12.1. The van der Waals surface area contributed by atoms with Gasteiger partial charge < -0.3 is 20.1 Å². The zero-order chi connectivity index (χ0) is 17.3. The number of benzene rings is 4. The highest BCUT2D eigenvalue weighted by atomic mass is 16.5. The number of aliphatic hydroxyl groups excluding tert-OH is 3. The third-order valence-electron chi connectivity index (χ3n) is 5.56. The molecule has 0 aromatic heterocycles. The summed E-state index contributed by atoms with van der Waals surface area (Å²) in [6.45, 7) is 0. The molecule has 0 spiro atoms. The Morgan fingerprint density at radius 2 is 1.48 bits per heavy atom. The summed E-state index contributed by atoms with van der Waals surface area (Å²) < 4.78 is 5.52. The van der Waals surface area contributed by atoms with Crippen LogP contribution in [0.3, 0.4) is 0 Å². The average Bonchev–Trinajstić information content (AvgIpc) is 2.65. The molecule has 0 radical (unpaired) electrons. The molecule has 1 unspecified atom stereocenters. The van der Waals surface area contributed by atoms with E-state index in [1.54, 1.807) is 0 Å². The summed E-state index contributed by atoms with van der Waals surface area (Å²) in [5.74, 6) is 0. The molecule has 0 aliphatic heterocycles. The zero-order valence-electron chi connectivity index (χ0n) is 13.7. The lowest BCUT2D eigenvalue weighted by Gasteiger charge is -2.37. The molecule has 0 saturated carbocycles. The maximum Gasteiger partial charge on any atom is 0.113 e. The smallest absolute Gasteiger partial charge is 0.113 e. The number of rotatable bonds is 1. The van der Waals surface area contributed by atoms with Gasteiger partial charge in [-0.15, -0.1) is 0 Å². The van der Waals surface area contributed by atoms with Crippen molar-refractivity contribution in [3.8, 4) is 0 Å². The summed E-state index contributed by atoms with van der Waals surface area (Å²) >= 11 is 0. The molecule has 4 heteroatoms. The molecule has 0 heterocycles. The lowest BCUT2D eigenvalue weighted by molar-refractivity contribution is -0.129. The third-order valence-corrected chi connectivity index (χ3v) is 5.56. The Hall–Kier alpha value is -2.24. The summed E-state index contributed by atoms with van der Waals surface area (Å²) in [5.41, 5.74) is 1.38. The lowest BCUT2D eigenvalue weighted by atomic mass is 9.78. The van der Waals surface area contributed by atoms with Crippen molar-refractivity contribution in [1.82, 2.24) is 0 Å². The minimum absolute atomic E-state index is 0.621. The Bertz CT molecular complexity index is 1090. The SMILES string of the molecule is CO[C@H]1c2c(cc3ccc4cccc5ccc2c3c45)[C@@H](O)C(O)[C@H]1O. The van der Waals surface area contributed by atoms with Crippen LogP contribution in [0.2, 0.25) is 0 Å². The maximum absolute atomic E-state index is 10.5. The molecule has 4 aromatic rings. The molecule has 4 nitrogen and oxygen atoms in total. The second-order valence-electron chi connectivity index (χ2n) is 6.82. The molecule has 0 amide bonds. The van der Waals surface area contributed by atoms with Crippen molar-refractivity contribution in [2.45, 2.75) is 24.4 Å². The van der Waals surface area contributed by atoms with Gasteiger partial charge in [0.1, 0.15) is 24.4 Å². The maximum atomic E-state index is 10.5. The zero-order valence-corrected chi connectivity index (χ0v) is 13.7. The van der Waals surface area contributed by atoms with Crippen molar-refractivity contribution >= 4 is 32.3 Å². The number of methoxy groups -OCH3 is 1. The van der Waals surface area contributed by atoms with E-state index in [-0.39, 0.29) is 0 Å². The van der Waals surface area contributed by atoms with E-state index in [2.05, 4.69) is 24.3 Å². The van der Waals surface area contributed by atoms with Gasteiger partial charge in [0.2, 0.25) is 0 Å². The van der Waals surface area contributed by atoms with E-state index in [1.807, 2.05) is 24.3 Å². The van der Waals surface area contributed by atoms with Gasteiger partial charge in [-0.2, -0.15) is 0 Å². The van der Waals surface area contributed by atoms with Gasteiger partial charge in [-0.1, -0.05) is 42.5 Å². The Kier molecular flexibility index (Phi) is 3.09. The molecule has 1 aliphatic rings. The number of ether oxygens (including phenoxy) is 1. The van der Waals surface area contributed by atoms with Gasteiger partial charge >= 0.3 is 0 Å². The molecule has 5 rings (SSSR count). The summed E-state index contributed by atoms with van der Waals surface area (Å²) in [6, 6.07) is 16.3. The van der Waals surface area contributed by atoms with Crippen molar-refractivity contribution in [3.05, 3.63) is 59.7 Å². The number of fused-ring (bicyclic) bond motifs is 2. The first-order valence-corrected chi connectivity index (χ1v) is 8.39. The molecule has 0 bridgehead atoms. The van der Waals surface area contributed by atoms with Gasteiger partial charge in [-0.25, -0.2) is 0 Å². The number of hydrogen-bond acceptors (Lipinski definition) is 4. The number of aliphatic hydroxyl groups is 3. The number of hydrogen-bond donors (Lipinski definition) is 3. The highest BCUT2D eigenvalue weighted by Gasteiger charge is 2.42. The molecule has 126 valence electrons. The van der Waals surface area contributed by atoms with Gasteiger partial charge in [0.05, 0.1) is 0 Å². The van der Waals surface area contributed by atoms with Crippen molar-refractivity contribution < 1.29 is 20.1 Å². The fourth-order valence-corrected chi connectivity index (χ4v) is 4.39. The molecule has 0 fully saturated rings. The minimum Gasteiger partial charge on any atom is -0.387 e. The normalized spacial score (nSPS) is 26.6. The van der Waals surface area contributed by atoms with Crippen LogP contribution in [0.4, 0.5) is 0 Å². The molecule has 1 aliphatic carbocycles. The summed E-state index contributed by atoms with van der Waals surface area (Å²) in [6.07, 6.45) is -4.27. The summed E-state index contributed by atoms with van der Waals surface area (Å²) in [4.78, 5) is 0. The quantitative estimate of drug-likeness (QED) is 0.468. The van der Waals surface area contributed by atoms with Crippen LogP contribution in [-0.2, 0) is 4.74 Å². The molecule has 4 atom stereocenters. The average molecular weight is 334 g/mol. The standard InChI is InChI=1S/C21H18O4/c1-25-21-17-13-8-7-11-4-2-3-10-5-6-12(16(13)15(10)11)9-14(17)18(22)19(23)20(21)24/h2-9,18-24H,1H3/t18-,19?,20-,21+/m1/s1.